The maximum Gasteiger partial charge on any atom is 0.137 e. The summed E-state index contributed by atoms with van der Waals surface area (Å²) in [5, 5.41) is 21.7. The summed E-state index contributed by atoms with van der Waals surface area (Å²) in [5.41, 5.74) is 0.0943. The van der Waals surface area contributed by atoms with Gasteiger partial charge in [-0.05, 0) is 55.9 Å². The molecule has 9 heteroatoms. The van der Waals surface area contributed by atoms with Crippen molar-refractivity contribution < 1.29 is 13.9 Å². The summed E-state index contributed by atoms with van der Waals surface area (Å²) in [5.74, 6) is -0.319. The van der Waals surface area contributed by atoms with Gasteiger partial charge in [0, 0.05) is 42.0 Å². The minimum atomic E-state index is -1.78. The van der Waals surface area contributed by atoms with E-state index in [4.69, 9.17) is 5.10 Å². The normalized spacial score (nSPS) is 14.4. The van der Waals surface area contributed by atoms with Crippen LogP contribution in [0.1, 0.15) is 59.1 Å². The molecule has 7 nitrogen and oxygen atoms in total. The van der Waals surface area contributed by atoms with Crippen molar-refractivity contribution in [3.63, 3.8) is 0 Å². The molecule has 2 aromatic carbocycles. The molecule has 0 bridgehead atoms. The van der Waals surface area contributed by atoms with Crippen molar-refractivity contribution in [2.24, 2.45) is 11.8 Å². The van der Waals surface area contributed by atoms with Crippen molar-refractivity contribution >= 4 is 16.6 Å². The average molecular weight is 525 g/mol. The molecule has 2 heterocycles. The zero-order valence-corrected chi connectivity index (χ0v) is 22.9. The summed E-state index contributed by atoms with van der Waals surface area (Å²) in [4.78, 5) is 6.37. The molecule has 2 aromatic heterocycles. The lowest BCUT2D eigenvalue weighted by Crippen LogP contribution is -2.40. The number of aromatic nitrogens is 5. The lowest BCUT2D eigenvalue weighted by molar-refractivity contribution is -0.0366. The van der Waals surface area contributed by atoms with Crippen LogP contribution in [0.3, 0.4) is 0 Å². The van der Waals surface area contributed by atoms with Crippen molar-refractivity contribution in [1.29, 1.82) is 0 Å². The maximum atomic E-state index is 15.0. The Hall–Kier alpha value is -3.33. The summed E-state index contributed by atoms with van der Waals surface area (Å²) < 4.78 is 31.8. The number of hydrogen-bond acceptors (Lipinski definition) is 5. The molecule has 4 rings (SSSR count). The molecule has 0 amide bonds. The van der Waals surface area contributed by atoms with Crippen molar-refractivity contribution in [2.45, 2.75) is 65.6 Å². The highest BCUT2D eigenvalue weighted by Crippen LogP contribution is 2.37. The Morgan fingerprint density at radius 1 is 0.974 bits per heavy atom. The third kappa shape index (κ3) is 6.20. The van der Waals surface area contributed by atoms with E-state index in [-0.39, 0.29) is 12.1 Å². The molecule has 38 heavy (non-hydrogen) atoms. The number of anilines is 1. The van der Waals surface area contributed by atoms with Gasteiger partial charge in [0.25, 0.3) is 0 Å². The maximum absolute atomic E-state index is 15.0. The quantitative estimate of drug-likeness (QED) is 0.248. The van der Waals surface area contributed by atoms with E-state index in [1.165, 1.54) is 23.4 Å². The fourth-order valence-electron chi connectivity index (χ4n) is 4.69. The second-order valence-corrected chi connectivity index (χ2v) is 11.0. The van der Waals surface area contributed by atoms with Gasteiger partial charge in [0.2, 0.25) is 0 Å². The minimum absolute atomic E-state index is 0.0318. The molecular weight excluding hydrogens is 486 g/mol. The van der Waals surface area contributed by atoms with Gasteiger partial charge < -0.3 is 10.0 Å². The van der Waals surface area contributed by atoms with Crippen LogP contribution in [-0.2, 0) is 12.1 Å². The van der Waals surface area contributed by atoms with E-state index < -0.39 is 23.3 Å². The molecule has 0 saturated carbocycles. The molecule has 0 aliphatic rings. The molecule has 0 spiro atoms. The second-order valence-electron chi connectivity index (χ2n) is 11.0. The Morgan fingerprint density at radius 3 is 2.29 bits per heavy atom. The van der Waals surface area contributed by atoms with E-state index in [0.717, 1.165) is 54.7 Å². The largest absolute Gasteiger partial charge is 0.381 e. The Labute approximate surface area is 223 Å². The Kier molecular flexibility index (Phi) is 8.45. The summed E-state index contributed by atoms with van der Waals surface area (Å²) in [7, 11) is 0. The molecule has 4 aromatic rings. The molecule has 204 valence electrons. The summed E-state index contributed by atoms with van der Waals surface area (Å²) in [6.07, 6.45) is 6.88. The predicted octanol–water partition coefficient (Wildman–Crippen LogP) is 5.95. The van der Waals surface area contributed by atoms with Crippen molar-refractivity contribution in [1.82, 2.24) is 24.5 Å². The zero-order valence-electron chi connectivity index (χ0n) is 22.9. The van der Waals surface area contributed by atoms with Gasteiger partial charge in [-0.1, -0.05) is 33.8 Å². The Bertz CT molecular complexity index is 1320. The van der Waals surface area contributed by atoms with Crippen molar-refractivity contribution in [2.75, 3.05) is 18.0 Å². The molecule has 0 saturated heterocycles. The Morgan fingerprint density at radius 2 is 1.68 bits per heavy atom. The van der Waals surface area contributed by atoms with Gasteiger partial charge in [-0.25, -0.2) is 18.4 Å². The number of aliphatic hydroxyl groups is 1. The van der Waals surface area contributed by atoms with Crippen molar-refractivity contribution in [3.8, 4) is 0 Å². The van der Waals surface area contributed by atoms with Crippen LogP contribution >= 0.6 is 0 Å². The van der Waals surface area contributed by atoms with Crippen LogP contribution in [0.5, 0.6) is 0 Å². The number of benzene rings is 2. The number of halogens is 2. The van der Waals surface area contributed by atoms with Gasteiger partial charge in [-0.15, -0.1) is 0 Å². The first-order chi connectivity index (χ1) is 18.1. The topological polar surface area (TPSA) is 72.0 Å². The van der Waals surface area contributed by atoms with E-state index in [1.807, 2.05) is 12.3 Å². The van der Waals surface area contributed by atoms with Crippen LogP contribution < -0.4 is 4.90 Å². The zero-order chi connectivity index (χ0) is 27.4. The standard InChI is InChI=1S/C29H38F2N6O/c1-20(2)10-12-35(13-11-21(3)4)25-7-9-28-23(14-25)16-37(34-28)22(5)29(38,17-36-19-32-18-33-36)26-8-6-24(30)15-27(26)31/h6-9,14-16,18-22,38H,10-13,17H2,1-5H3/t22-,29-/m1/s1. The molecule has 0 aliphatic carbocycles. The Balaban J connectivity index is 1.69. The molecular formula is C29H38F2N6O. The highest BCUT2D eigenvalue weighted by Gasteiger charge is 2.41. The van der Waals surface area contributed by atoms with Crippen LogP contribution in [0.25, 0.3) is 10.9 Å². The fraction of sp³-hybridized carbons (Fsp3) is 0.483. The third-order valence-corrected chi connectivity index (χ3v) is 7.18. The highest BCUT2D eigenvalue weighted by atomic mass is 19.1. The predicted molar refractivity (Wildman–Crippen MR) is 146 cm³/mol. The van der Waals surface area contributed by atoms with Crippen molar-refractivity contribution in [3.05, 3.63) is 72.4 Å². The van der Waals surface area contributed by atoms with Gasteiger partial charge in [0.05, 0.1) is 18.1 Å². The van der Waals surface area contributed by atoms with E-state index in [9.17, 15) is 13.9 Å². The average Bonchev–Trinajstić information content (AvgIpc) is 3.52. The smallest absolute Gasteiger partial charge is 0.137 e. The molecule has 2 atom stereocenters. The fourth-order valence-corrected chi connectivity index (χ4v) is 4.69. The first kappa shape index (κ1) is 27.7. The van der Waals surface area contributed by atoms with Gasteiger partial charge in [-0.3, -0.25) is 4.68 Å². The van der Waals surface area contributed by atoms with Gasteiger partial charge >= 0.3 is 0 Å². The van der Waals surface area contributed by atoms with Gasteiger partial charge in [-0.2, -0.15) is 10.2 Å². The van der Waals surface area contributed by atoms with Gasteiger partial charge in [0.15, 0.2) is 0 Å². The SMILES string of the molecule is CC(C)CCN(CCC(C)C)c1ccc2nn([C@H](C)[C@](O)(Cn3cncn3)c3ccc(F)cc3F)cc2c1. The lowest BCUT2D eigenvalue weighted by atomic mass is 9.86. The minimum Gasteiger partial charge on any atom is -0.381 e. The van der Waals surface area contributed by atoms with E-state index in [0.29, 0.717) is 11.8 Å². The van der Waals surface area contributed by atoms with E-state index >= 15 is 0 Å². The van der Waals surface area contributed by atoms with E-state index in [1.54, 1.807) is 11.6 Å². The third-order valence-electron chi connectivity index (χ3n) is 7.18. The first-order valence-electron chi connectivity index (χ1n) is 13.3. The lowest BCUT2D eigenvalue weighted by Gasteiger charge is -2.34. The van der Waals surface area contributed by atoms with E-state index in [2.05, 4.69) is 54.8 Å². The molecule has 0 aliphatic heterocycles. The van der Waals surface area contributed by atoms with Crippen LogP contribution in [0.4, 0.5) is 14.5 Å². The second kappa shape index (κ2) is 11.6. The van der Waals surface area contributed by atoms with Crippen LogP contribution in [0, 0.1) is 23.5 Å². The molecule has 0 fully saturated rings. The highest BCUT2D eigenvalue weighted by molar-refractivity contribution is 5.82. The number of hydrogen-bond donors (Lipinski definition) is 1. The van der Waals surface area contributed by atoms with Crippen LogP contribution in [0.2, 0.25) is 0 Å². The monoisotopic (exact) mass is 524 g/mol. The summed E-state index contributed by atoms with van der Waals surface area (Å²) in [6, 6.07) is 8.70. The summed E-state index contributed by atoms with van der Waals surface area (Å²) in [6.45, 7) is 12.6. The molecule has 0 unspecified atom stereocenters. The molecule has 1 N–H and O–H groups in total. The van der Waals surface area contributed by atoms with Gasteiger partial charge in [0.1, 0.15) is 29.9 Å². The number of rotatable bonds is 12. The van der Waals surface area contributed by atoms with Crippen LogP contribution in [-0.4, -0.2) is 42.7 Å². The van der Waals surface area contributed by atoms with Crippen LogP contribution in [0.15, 0.2) is 55.2 Å². The molecule has 0 radical (unpaired) electrons. The first-order valence-corrected chi connectivity index (χ1v) is 13.3. The number of fused-ring (bicyclic) bond motifs is 1. The number of nitrogens with zero attached hydrogens (tertiary/aromatic N) is 6. The summed E-state index contributed by atoms with van der Waals surface area (Å²) >= 11 is 0.